The zero-order valence-corrected chi connectivity index (χ0v) is 7.26. The number of carboxylic acid groups (broad SMARTS) is 1. The molecule has 0 aliphatic carbocycles. The van der Waals surface area contributed by atoms with Crippen molar-refractivity contribution in [3.63, 3.8) is 0 Å². The molecule has 1 aromatic rings. The molecule has 1 rings (SSSR count). The van der Waals surface area contributed by atoms with Crippen LogP contribution in [0.15, 0.2) is 18.3 Å². The van der Waals surface area contributed by atoms with Crippen LogP contribution in [0.1, 0.15) is 10.4 Å². The van der Waals surface area contributed by atoms with E-state index in [4.69, 9.17) is 5.11 Å². The molecule has 1 aromatic heterocycles. The molecule has 0 unspecified atom stereocenters. The lowest BCUT2D eigenvalue weighted by atomic mass is 10.3. The van der Waals surface area contributed by atoms with E-state index in [0.717, 1.165) is 0 Å². The van der Waals surface area contributed by atoms with E-state index in [-0.39, 0.29) is 5.56 Å². The van der Waals surface area contributed by atoms with Crippen molar-refractivity contribution in [1.82, 2.24) is 4.98 Å². The lowest BCUT2D eigenvalue weighted by molar-refractivity contribution is 0.0697. The van der Waals surface area contributed by atoms with Gasteiger partial charge in [-0.1, -0.05) is 11.9 Å². The number of aromatic carboxylic acids is 1. The van der Waals surface area contributed by atoms with E-state index in [1.807, 2.05) is 6.26 Å². The number of carbonyl (C=O) groups is 1. The smallest absolute Gasteiger partial charge is 0.335 e. The van der Waals surface area contributed by atoms with E-state index < -0.39 is 5.97 Å². The Hall–Kier alpha value is -1.23. The highest BCUT2D eigenvalue weighted by atomic mass is 32.2. The minimum atomic E-state index is -0.943. The van der Waals surface area contributed by atoms with Gasteiger partial charge in [-0.15, -0.1) is 0 Å². The number of aromatic nitrogens is 1. The molecule has 0 saturated heterocycles. The number of nitrogens with zero attached hydrogens (tertiary/aromatic N) is 1. The topological polar surface area (TPSA) is 62.2 Å². The molecule has 64 valence electrons. The first-order valence-corrected chi connectivity index (χ1v) is 4.45. The van der Waals surface area contributed by atoms with Gasteiger partial charge in [0.1, 0.15) is 5.82 Å². The van der Waals surface area contributed by atoms with Gasteiger partial charge in [0, 0.05) is 12.5 Å². The van der Waals surface area contributed by atoms with Crippen LogP contribution in [0.3, 0.4) is 0 Å². The van der Waals surface area contributed by atoms with Gasteiger partial charge in [-0.05, 0) is 12.1 Å². The van der Waals surface area contributed by atoms with E-state index in [2.05, 4.69) is 9.71 Å². The summed E-state index contributed by atoms with van der Waals surface area (Å²) in [6, 6.07) is 2.94. The first-order valence-electron chi connectivity index (χ1n) is 3.22. The largest absolute Gasteiger partial charge is 0.478 e. The summed E-state index contributed by atoms with van der Waals surface area (Å²) in [5.41, 5.74) is 0.238. The highest BCUT2D eigenvalue weighted by Crippen LogP contribution is 2.09. The normalized spacial score (nSPS) is 9.42. The van der Waals surface area contributed by atoms with E-state index >= 15 is 0 Å². The van der Waals surface area contributed by atoms with Gasteiger partial charge in [0.05, 0.1) is 5.56 Å². The number of nitrogens with one attached hydrogen (secondary N) is 1. The average Bonchev–Trinajstić information content (AvgIpc) is 2.05. The molecule has 0 saturated carbocycles. The van der Waals surface area contributed by atoms with Crippen molar-refractivity contribution in [3.05, 3.63) is 23.9 Å². The summed E-state index contributed by atoms with van der Waals surface area (Å²) in [5, 5.41) is 8.62. The Labute approximate surface area is 74.1 Å². The second kappa shape index (κ2) is 3.96. The predicted molar refractivity (Wildman–Crippen MR) is 48.3 cm³/mol. The Balaban J connectivity index is 2.88. The quantitative estimate of drug-likeness (QED) is 0.696. The Morgan fingerprint density at radius 2 is 2.50 bits per heavy atom. The number of pyridine rings is 1. The molecule has 2 N–H and O–H groups in total. The molecule has 5 heteroatoms. The Bertz CT molecular complexity index is 290. The van der Waals surface area contributed by atoms with Gasteiger partial charge in [0.15, 0.2) is 0 Å². The van der Waals surface area contributed by atoms with Crippen molar-refractivity contribution in [2.45, 2.75) is 0 Å². The van der Waals surface area contributed by atoms with Crippen molar-refractivity contribution in [3.8, 4) is 0 Å². The minimum Gasteiger partial charge on any atom is -0.478 e. The monoisotopic (exact) mass is 184 g/mol. The number of carboxylic acids is 1. The molecular weight excluding hydrogens is 176 g/mol. The zero-order chi connectivity index (χ0) is 8.97. The van der Waals surface area contributed by atoms with Crippen LogP contribution in [0, 0.1) is 0 Å². The summed E-state index contributed by atoms with van der Waals surface area (Å²) in [5.74, 6) is -0.385. The van der Waals surface area contributed by atoms with Crippen molar-refractivity contribution in [1.29, 1.82) is 0 Å². The standard InChI is InChI=1S/C7H8N2O2S/c1-12-9-6-4-5(7(10)11)2-3-8-6/h2-4H,1H3,(H,8,9)(H,10,11). The lowest BCUT2D eigenvalue weighted by Gasteiger charge is -2.00. The summed E-state index contributed by atoms with van der Waals surface area (Å²) < 4.78 is 2.84. The zero-order valence-electron chi connectivity index (χ0n) is 6.44. The Kier molecular flexibility index (Phi) is 2.93. The van der Waals surface area contributed by atoms with E-state index in [9.17, 15) is 4.79 Å². The summed E-state index contributed by atoms with van der Waals surface area (Å²) in [6.07, 6.45) is 3.30. The van der Waals surface area contributed by atoms with Gasteiger partial charge in [-0.2, -0.15) is 0 Å². The fourth-order valence-electron chi connectivity index (χ4n) is 0.724. The van der Waals surface area contributed by atoms with Crippen LogP contribution < -0.4 is 4.72 Å². The van der Waals surface area contributed by atoms with Crippen molar-refractivity contribution in [2.24, 2.45) is 0 Å². The Morgan fingerprint density at radius 3 is 3.08 bits per heavy atom. The lowest BCUT2D eigenvalue weighted by Crippen LogP contribution is -1.98. The number of hydrogen-bond acceptors (Lipinski definition) is 4. The predicted octanol–water partition coefficient (Wildman–Crippen LogP) is 1.47. The van der Waals surface area contributed by atoms with Crippen LogP contribution in [0.4, 0.5) is 5.82 Å². The molecule has 12 heavy (non-hydrogen) atoms. The summed E-state index contributed by atoms with van der Waals surface area (Å²) in [7, 11) is 0. The third-order valence-electron chi connectivity index (χ3n) is 1.21. The molecule has 0 aliphatic rings. The van der Waals surface area contributed by atoms with Crippen LogP contribution >= 0.6 is 11.9 Å². The van der Waals surface area contributed by atoms with E-state index in [0.29, 0.717) is 5.82 Å². The highest BCUT2D eigenvalue weighted by molar-refractivity contribution is 7.99. The first-order chi connectivity index (χ1) is 5.74. The maximum absolute atomic E-state index is 10.5. The van der Waals surface area contributed by atoms with Crippen LogP contribution in [-0.4, -0.2) is 22.3 Å². The van der Waals surface area contributed by atoms with Crippen molar-refractivity contribution < 1.29 is 9.90 Å². The summed E-state index contributed by atoms with van der Waals surface area (Å²) in [4.78, 5) is 14.4. The number of anilines is 1. The van der Waals surface area contributed by atoms with E-state index in [1.165, 1.54) is 30.3 Å². The fraction of sp³-hybridized carbons (Fsp3) is 0.143. The van der Waals surface area contributed by atoms with Crippen molar-refractivity contribution >= 4 is 23.7 Å². The van der Waals surface area contributed by atoms with Crippen molar-refractivity contribution in [2.75, 3.05) is 11.0 Å². The van der Waals surface area contributed by atoms with Gasteiger partial charge >= 0.3 is 5.97 Å². The molecule has 0 aromatic carbocycles. The molecule has 0 radical (unpaired) electrons. The SMILES string of the molecule is CSNc1cc(C(=O)O)ccn1. The summed E-state index contributed by atoms with van der Waals surface area (Å²) in [6.45, 7) is 0. The maximum atomic E-state index is 10.5. The molecule has 0 atom stereocenters. The maximum Gasteiger partial charge on any atom is 0.335 e. The third kappa shape index (κ3) is 2.13. The minimum absolute atomic E-state index is 0.238. The molecule has 1 heterocycles. The van der Waals surface area contributed by atoms with Crippen LogP contribution in [0.2, 0.25) is 0 Å². The molecule has 0 bridgehead atoms. The highest BCUT2D eigenvalue weighted by Gasteiger charge is 2.02. The molecule has 0 spiro atoms. The van der Waals surface area contributed by atoms with Crippen LogP contribution in [-0.2, 0) is 0 Å². The summed E-state index contributed by atoms with van der Waals surface area (Å²) >= 11 is 1.37. The molecule has 0 amide bonds. The van der Waals surface area contributed by atoms with Gasteiger partial charge in [-0.25, -0.2) is 9.78 Å². The molecule has 0 fully saturated rings. The van der Waals surface area contributed by atoms with Crippen LogP contribution in [0.5, 0.6) is 0 Å². The molecular formula is C7H8N2O2S. The van der Waals surface area contributed by atoms with Gasteiger partial charge in [-0.3, -0.25) is 0 Å². The fourth-order valence-corrected chi connectivity index (χ4v) is 1.04. The van der Waals surface area contributed by atoms with Gasteiger partial charge < -0.3 is 9.83 Å². The Morgan fingerprint density at radius 1 is 1.75 bits per heavy atom. The first kappa shape index (κ1) is 8.86. The van der Waals surface area contributed by atoms with E-state index in [1.54, 1.807) is 0 Å². The second-order valence-corrected chi connectivity index (χ2v) is 2.65. The van der Waals surface area contributed by atoms with Crippen LogP contribution in [0.25, 0.3) is 0 Å². The molecule has 0 aliphatic heterocycles. The average molecular weight is 184 g/mol. The van der Waals surface area contributed by atoms with Gasteiger partial charge in [0.2, 0.25) is 0 Å². The van der Waals surface area contributed by atoms with Gasteiger partial charge in [0.25, 0.3) is 0 Å². The number of rotatable bonds is 3. The third-order valence-corrected chi connectivity index (χ3v) is 1.63. The molecule has 4 nitrogen and oxygen atoms in total. The second-order valence-electron chi connectivity index (χ2n) is 2.04. The number of hydrogen-bond donors (Lipinski definition) is 2.